The molecular formula is C13H25N. The van der Waals surface area contributed by atoms with Crippen molar-refractivity contribution in [3.63, 3.8) is 0 Å². The van der Waals surface area contributed by atoms with Crippen molar-refractivity contribution in [2.24, 2.45) is 17.3 Å². The first-order valence-corrected chi connectivity index (χ1v) is 6.30. The zero-order chi connectivity index (χ0) is 10.3. The molecule has 1 aliphatic heterocycles. The molecule has 1 saturated heterocycles. The van der Waals surface area contributed by atoms with E-state index < -0.39 is 0 Å². The van der Waals surface area contributed by atoms with E-state index in [0.29, 0.717) is 0 Å². The Balaban J connectivity index is 1.95. The fourth-order valence-electron chi connectivity index (χ4n) is 3.77. The Morgan fingerprint density at radius 3 is 1.93 bits per heavy atom. The third-order valence-corrected chi connectivity index (χ3v) is 5.13. The normalized spacial score (nSPS) is 37.5. The largest absolute Gasteiger partial charge is 0.301 e. The molecule has 1 heterocycles. The predicted octanol–water partition coefficient (Wildman–Crippen LogP) is 3.15. The highest BCUT2D eigenvalue weighted by Crippen LogP contribution is 2.57. The van der Waals surface area contributed by atoms with E-state index in [1.165, 1.54) is 32.4 Å². The summed E-state index contributed by atoms with van der Waals surface area (Å²) in [7, 11) is 0. The molecular weight excluding hydrogens is 170 g/mol. The Labute approximate surface area is 88.9 Å². The molecule has 0 N–H and O–H groups in total. The van der Waals surface area contributed by atoms with Crippen LogP contribution in [0.1, 0.15) is 47.0 Å². The molecule has 14 heavy (non-hydrogen) atoms. The zero-order valence-corrected chi connectivity index (χ0v) is 10.2. The lowest BCUT2D eigenvalue weighted by Gasteiger charge is -2.58. The van der Waals surface area contributed by atoms with Gasteiger partial charge >= 0.3 is 0 Å². The van der Waals surface area contributed by atoms with E-state index in [4.69, 9.17) is 0 Å². The van der Waals surface area contributed by atoms with Gasteiger partial charge in [0.25, 0.3) is 0 Å². The van der Waals surface area contributed by atoms with Crippen molar-refractivity contribution in [1.29, 1.82) is 0 Å². The first-order valence-electron chi connectivity index (χ1n) is 6.30. The maximum atomic E-state index is 2.64. The number of nitrogens with zero attached hydrogens (tertiary/aromatic N) is 1. The van der Waals surface area contributed by atoms with Crippen LogP contribution in [0.5, 0.6) is 0 Å². The highest BCUT2D eigenvalue weighted by Gasteiger charge is 2.50. The van der Waals surface area contributed by atoms with Crippen molar-refractivity contribution in [1.82, 2.24) is 4.90 Å². The van der Waals surface area contributed by atoms with Gasteiger partial charge in [0, 0.05) is 6.04 Å². The van der Waals surface area contributed by atoms with Crippen LogP contribution in [0.3, 0.4) is 0 Å². The van der Waals surface area contributed by atoms with E-state index in [9.17, 15) is 0 Å². The minimum absolute atomic E-state index is 0.741. The van der Waals surface area contributed by atoms with E-state index in [1.54, 1.807) is 0 Å². The Hall–Kier alpha value is -0.0400. The Morgan fingerprint density at radius 2 is 1.57 bits per heavy atom. The SMILES string of the molecule is CC(C)N1CCC2(CC1)C(C)CC2C. The second-order valence-corrected chi connectivity index (χ2v) is 5.90. The Kier molecular flexibility index (Phi) is 2.63. The van der Waals surface area contributed by atoms with Crippen molar-refractivity contribution < 1.29 is 0 Å². The van der Waals surface area contributed by atoms with Gasteiger partial charge in [0.05, 0.1) is 0 Å². The molecule has 0 bridgehead atoms. The summed E-state index contributed by atoms with van der Waals surface area (Å²) < 4.78 is 0. The summed E-state index contributed by atoms with van der Waals surface area (Å²) in [5.41, 5.74) is 0.741. The molecule has 2 fully saturated rings. The summed E-state index contributed by atoms with van der Waals surface area (Å²) >= 11 is 0. The maximum Gasteiger partial charge on any atom is 0.00385 e. The summed E-state index contributed by atoms with van der Waals surface area (Å²) in [4.78, 5) is 2.64. The van der Waals surface area contributed by atoms with Crippen molar-refractivity contribution in [3.05, 3.63) is 0 Å². The van der Waals surface area contributed by atoms with Gasteiger partial charge in [-0.3, -0.25) is 0 Å². The third kappa shape index (κ3) is 1.41. The third-order valence-electron chi connectivity index (χ3n) is 5.13. The van der Waals surface area contributed by atoms with Gasteiger partial charge < -0.3 is 4.90 Å². The van der Waals surface area contributed by atoms with Crippen molar-refractivity contribution >= 4 is 0 Å². The molecule has 2 unspecified atom stereocenters. The van der Waals surface area contributed by atoms with E-state index >= 15 is 0 Å². The molecule has 82 valence electrons. The molecule has 1 aliphatic carbocycles. The van der Waals surface area contributed by atoms with Crippen LogP contribution in [0.15, 0.2) is 0 Å². The second kappa shape index (κ2) is 3.52. The van der Waals surface area contributed by atoms with E-state index in [1.807, 2.05) is 0 Å². The van der Waals surface area contributed by atoms with Crippen LogP contribution in [0.25, 0.3) is 0 Å². The summed E-state index contributed by atoms with van der Waals surface area (Å²) in [6.45, 7) is 12.3. The van der Waals surface area contributed by atoms with Crippen molar-refractivity contribution in [2.45, 2.75) is 53.0 Å². The zero-order valence-electron chi connectivity index (χ0n) is 10.2. The molecule has 1 nitrogen and oxygen atoms in total. The molecule has 0 aromatic heterocycles. The smallest absolute Gasteiger partial charge is 0.00385 e. The minimum Gasteiger partial charge on any atom is -0.301 e. The molecule has 1 saturated carbocycles. The topological polar surface area (TPSA) is 3.24 Å². The van der Waals surface area contributed by atoms with Gasteiger partial charge in [-0.1, -0.05) is 13.8 Å². The number of hydrogen-bond acceptors (Lipinski definition) is 1. The molecule has 2 aliphatic rings. The highest BCUT2D eigenvalue weighted by molar-refractivity contribution is 5.01. The lowest BCUT2D eigenvalue weighted by Crippen LogP contribution is -2.54. The molecule has 0 radical (unpaired) electrons. The van der Waals surface area contributed by atoms with Gasteiger partial charge in [0.2, 0.25) is 0 Å². The van der Waals surface area contributed by atoms with Gasteiger partial charge in [-0.2, -0.15) is 0 Å². The predicted molar refractivity (Wildman–Crippen MR) is 61.3 cm³/mol. The number of likely N-dealkylation sites (tertiary alicyclic amines) is 1. The molecule has 2 rings (SSSR count). The molecule has 0 aromatic rings. The van der Waals surface area contributed by atoms with Crippen LogP contribution < -0.4 is 0 Å². The van der Waals surface area contributed by atoms with Crippen LogP contribution in [0, 0.1) is 17.3 Å². The van der Waals surface area contributed by atoms with E-state index in [-0.39, 0.29) is 0 Å². The maximum absolute atomic E-state index is 2.64. The number of hydrogen-bond donors (Lipinski definition) is 0. The highest BCUT2D eigenvalue weighted by atomic mass is 15.2. The summed E-state index contributed by atoms with van der Waals surface area (Å²) in [5, 5.41) is 0. The van der Waals surface area contributed by atoms with Crippen LogP contribution >= 0.6 is 0 Å². The van der Waals surface area contributed by atoms with Gasteiger partial charge in [0.1, 0.15) is 0 Å². The van der Waals surface area contributed by atoms with Crippen LogP contribution in [-0.2, 0) is 0 Å². The standard InChI is InChI=1S/C13H25N/c1-10(2)14-7-5-13(6-8-14)11(3)9-12(13)4/h10-12H,5-9H2,1-4H3. The lowest BCUT2D eigenvalue weighted by atomic mass is 9.50. The minimum atomic E-state index is 0.741. The van der Waals surface area contributed by atoms with Gasteiger partial charge in [0.15, 0.2) is 0 Å². The summed E-state index contributed by atoms with van der Waals surface area (Å²) in [6.07, 6.45) is 4.38. The van der Waals surface area contributed by atoms with Crippen molar-refractivity contribution in [2.75, 3.05) is 13.1 Å². The van der Waals surface area contributed by atoms with Crippen LogP contribution in [0.4, 0.5) is 0 Å². The Morgan fingerprint density at radius 1 is 1.07 bits per heavy atom. The van der Waals surface area contributed by atoms with Gasteiger partial charge in [-0.15, -0.1) is 0 Å². The first kappa shape index (κ1) is 10.5. The van der Waals surface area contributed by atoms with E-state index in [2.05, 4.69) is 32.6 Å². The summed E-state index contributed by atoms with van der Waals surface area (Å²) in [6, 6.07) is 0.748. The molecule has 0 amide bonds. The molecule has 2 atom stereocenters. The molecule has 1 heteroatoms. The molecule has 1 spiro atoms. The first-order chi connectivity index (χ1) is 6.56. The number of piperidine rings is 1. The van der Waals surface area contributed by atoms with E-state index in [0.717, 1.165) is 23.3 Å². The van der Waals surface area contributed by atoms with Gasteiger partial charge in [-0.05, 0) is 63.5 Å². The Bertz CT molecular complexity index is 191. The average molecular weight is 195 g/mol. The van der Waals surface area contributed by atoms with Crippen LogP contribution in [0.2, 0.25) is 0 Å². The van der Waals surface area contributed by atoms with Crippen molar-refractivity contribution in [3.8, 4) is 0 Å². The molecule has 0 aromatic carbocycles. The lowest BCUT2D eigenvalue weighted by molar-refractivity contribution is -0.0859. The average Bonchev–Trinajstić information content (AvgIpc) is 2.18. The van der Waals surface area contributed by atoms with Gasteiger partial charge in [-0.25, -0.2) is 0 Å². The fraction of sp³-hybridized carbons (Fsp3) is 1.00. The fourth-order valence-corrected chi connectivity index (χ4v) is 3.77. The summed E-state index contributed by atoms with van der Waals surface area (Å²) in [5.74, 6) is 1.98. The number of rotatable bonds is 1. The van der Waals surface area contributed by atoms with Crippen LogP contribution in [-0.4, -0.2) is 24.0 Å². The second-order valence-electron chi connectivity index (χ2n) is 5.90. The monoisotopic (exact) mass is 195 g/mol. The quantitative estimate of drug-likeness (QED) is 0.621.